The van der Waals surface area contributed by atoms with Crippen LogP contribution >= 0.6 is 0 Å². The molecule has 56 heavy (non-hydrogen) atoms. The summed E-state index contributed by atoms with van der Waals surface area (Å²) in [7, 11) is 0. The Bertz CT molecular complexity index is 3170. The molecule has 9 aromatic carbocycles. The normalized spacial score (nSPS) is 11.4. The van der Waals surface area contributed by atoms with Gasteiger partial charge in [0.15, 0.2) is 17.5 Å². The first kappa shape index (κ1) is 33.2. The minimum absolute atomic E-state index is 0. The second-order valence-electron chi connectivity index (χ2n) is 14.0. The van der Waals surface area contributed by atoms with Gasteiger partial charge in [-0.05, 0) is 74.5 Å². The Morgan fingerprint density at radius 3 is 1.54 bits per heavy atom. The third kappa shape index (κ3) is 5.42. The van der Waals surface area contributed by atoms with Gasteiger partial charge in [0.05, 0.1) is 16.7 Å². The quantitative estimate of drug-likeness (QED) is 0.178. The van der Waals surface area contributed by atoms with Crippen LogP contribution < -0.4 is 0 Å². The summed E-state index contributed by atoms with van der Waals surface area (Å²) in [6.45, 7) is 0. The number of rotatable bonds is 5. The van der Waals surface area contributed by atoms with E-state index in [2.05, 4.69) is 199 Å². The molecule has 11 rings (SSSR count). The van der Waals surface area contributed by atoms with Crippen molar-refractivity contribution < 1.29 is 0 Å². The summed E-state index contributed by atoms with van der Waals surface area (Å²) in [6.07, 6.45) is 0. The van der Waals surface area contributed by atoms with E-state index >= 15 is 0 Å². The highest BCUT2D eigenvalue weighted by Crippen LogP contribution is 2.41. The Kier molecular flexibility index (Phi) is 7.97. The highest BCUT2D eigenvalue weighted by Gasteiger charge is 2.20. The molecule has 11 aromatic rings. The van der Waals surface area contributed by atoms with Gasteiger partial charge in [-0.1, -0.05) is 165 Å². The van der Waals surface area contributed by atoms with E-state index in [1.54, 1.807) is 0 Å². The lowest BCUT2D eigenvalue weighted by Crippen LogP contribution is -2.02. The average molecular weight is 717 g/mol. The first-order valence-corrected chi connectivity index (χ1v) is 18.6. The first-order valence-electron chi connectivity index (χ1n) is 18.6. The SMILES string of the molecule is C.c1ccc(-c2cccc3c2c2ccccc2n3-c2ccc(-c3nc(-c4ccc5ccccc5c4)nc(-c4ccc5ccccc5c4)n3)c3ccccc23)cc1. The molecule has 0 saturated heterocycles. The van der Waals surface area contributed by atoms with Crippen LogP contribution in [0.5, 0.6) is 0 Å². The monoisotopic (exact) mass is 716 g/mol. The highest BCUT2D eigenvalue weighted by atomic mass is 15.0. The van der Waals surface area contributed by atoms with Gasteiger partial charge in [0, 0.05) is 32.8 Å². The van der Waals surface area contributed by atoms with Crippen LogP contribution in [0.25, 0.3) is 105 Å². The van der Waals surface area contributed by atoms with E-state index in [4.69, 9.17) is 15.0 Å². The minimum atomic E-state index is 0. The molecular weight excluding hydrogens is 681 g/mol. The number of fused-ring (bicyclic) bond motifs is 6. The van der Waals surface area contributed by atoms with Crippen molar-refractivity contribution in [3.05, 3.63) is 194 Å². The average Bonchev–Trinajstić information content (AvgIpc) is 3.60. The largest absolute Gasteiger partial charge is 0.309 e. The molecule has 2 aromatic heterocycles. The van der Waals surface area contributed by atoms with Gasteiger partial charge in [0.1, 0.15) is 0 Å². The molecule has 0 atom stereocenters. The predicted molar refractivity (Wildman–Crippen MR) is 235 cm³/mol. The molecule has 264 valence electrons. The molecule has 4 heteroatoms. The van der Waals surface area contributed by atoms with Crippen LogP contribution in [0.1, 0.15) is 7.43 Å². The number of para-hydroxylation sites is 1. The fraction of sp³-hybridized carbons (Fsp3) is 0.0192. The van der Waals surface area contributed by atoms with Crippen molar-refractivity contribution >= 4 is 54.1 Å². The summed E-state index contributed by atoms with van der Waals surface area (Å²) in [5, 5.41) is 9.31. The number of benzene rings is 9. The zero-order valence-electron chi connectivity index (χ0n) is 29.8. The zero-order chi connectivity index (χ0) is 36.3. The van der Waals surface area contributed by atoms with Crippen molar-refractivity contribution in [3.8, 4) is 51.0 Å². The lowest BCUT2D eigenvalue weighted by Gasteiger charge is -2.15. The standard InChI is InChI=1S/C51H32N4.CH4/c1-2-15-35(16-3-1)40-22-12-24-47-48(40)44-21-10-11-23-45(44)55(47)46-30-29-43(41-19-8-9-20-42(41)46)51-53-49(38-27-25-33-13-4-6-17-36(33)31-38)52-50(54-51)39-28-26-34-14-5-7-18-37(34)32-39;/h1-32H;1H4. The molecule has 0 radical (unpaired) electrons. The molecule has 0 unspecified atom stereocenters. The van der Waals surface area contributed by atoms with Crippen molar-refractivity contribution in [1.29, 1.82) is 0 Å². The number of hydrogen-bond acceptors (Lipinski definition) is 3. The Morgan fingerprint density at radius 2 is 0.857 bits per heavy atom. The maximum atomic E-state index is 5.23. The van der Waals surface area contributed by atoms with E-state index in [9.17, 15) is 0 Å². The maximum absolute atomic E-state index is 5.23. The Hall–Kier alpha value is -7.43. The van der Waals surface area contributed by atoms with E-state index < -0.39 is 0 Å². The van der Waals surface area contributed by atoms with Gasteiger partial charge in [-0.2, -0.15) is 0 Å². The summed E-state index contributed by atoms with van der Waals surface area (Å²) in [5.41, 5.74) is 8.71. The van der Waals surface area contributed by atoms with Crippen LogP contribution in [0.15, 0.2) is 194 Å². The molecule has 0 N–H and O–H groups in total. The molecule has 2 heterocycles. The number of hydrogen-bond donors (Lipinski definition) is 0. The van der Waals surface area contributed by atoms with Crippen LogP contribution in [-0.2, 0) is 0 Å². The lowest BCUT2D eigenvalue weighted by atomic mass is 9.99. The third-order valence-corrected chi connectivity index (χ3v) is 10.8. The van der Waals surface area contributed by atoms with E-state index in [1.165, 1.54) is 32.7 Å². The minimum Gasteiger partial charge on any atom is -0.309 e. The van der Waals surface area contributed by atoms with Crippen molar-refractivity contribution in [1.82, 2.24) is 19.5 Å². The molecule has 0 bridgehead atoms. The molecule has 0 aliphatic carbocycles. The van der Waals surface area contributed by atoms with Gasteiger partial charge < -0.3 is 4.57 Å². The van der Waals surface area contributed by atoms with E-state index in [0.717, 1.165) is 55.0 Å². The van der Waals surface area contributed by atoms with Crippen LogP contribution in [-0.4, -0.2) is 19.5 Å². The van der Waals surface area contributed by atoms with Crippen LogP contribution in [0.2, 0.25) is 0 Å². The van der Waals surface area contributed by atoms with Crippen molar-refractivity contribution in [2.45, 2.75) is 7.43 Å². The fourth-order valence-corrected chi connectivity index (χ4v) is 8.22. The summed E-state index contributed by atoms with van der Waals surface area (Å²) < 4.78 is 2.41. The van der Waals surface area contributed by atoms with Crippen molar-refractivity contribution in [2.75, 3.05) is 0 Å². The molecular formula is C52H36N4. The molecule has 0 aliphatic rings. The maximum Gasteiger partial charge on any atom is 0.164 e. The molecule has 0 spiro atoms. The smallest absolute Gasteiger partial charge is 0.164 e. The van der Waals surface area contributed by atoms with E-state index in [0.29, 0.717) is 17.5 Å². The summed E-state index contributed by atoms with van der Waals surface area (Å²) in [4.78, 5) is 15.6. The van der Waals surface area contributed by atoms with Gasteiger partial charge in [-0.25, -0.2) is 15.0 Å². The van der Waals surface area contributed by atoms with Crippen molar-refractivity contribution in [3.63, 3.8) is 0 Å². The first-order chi connectivity index (χ1) is 27.3. The lowest BCUT2D eigenvalue weighted by molar-refractivity contribution is 1.08. The van der Waals surface area contributed by atoms with E-state index in [-0.39, 0.29) is 7.43 Å². The second kappa shape index (κ2) is 13.5. The van der Waals surface area contributed by atoms with Crippen LogP contribution in [0, 0.1) is 0 Å². The Labute approximate surface area is 325 Å². The summed E-state index contributed by atoms with van der Waals surface area (Å²) >= 11 is 0. The third-order valence-electron chi connectivity index (χ3n) is 10.8. The second-order valence-corrected chi connectivity index (χ2v) is 14.0. The molecule has 0 fully saturated rings. The topological polar surface area (TPSA) is 43.6 Å². The van der Waals surface area contributed by atoms with Gasteiger partial charge in [-0.3, -0.25) is 0 Å². The summed E-state index contributed by atoms with van der Waals surface area (Å²) in [5.74, 6) is 1.92. The Morgan fingerprint density at radius 1 is 0.321 bits per heavy atom. The molecule has 0 aliphatic heterocycles. The highest BCUT2D eigenvalue weighted by molar-refractivity contribution is 6.17. The zero-order valence-corrected chi connectivity index (χ0v) is 29.8. The van der Waals surface area contributed by atoms with Gasteiger partial charge in [0.2, 0.25) is 0 Å². The van der Waals surface area contributed by atoms with Crippen molar-refractivity contribution in [2.24, 2.45) is 0 Å². The van der Waals surface area contributed by atoms with E-state index in [1.807, 2.05) is 0 Å². The summed E-state index contributed by atoms with van der Waals surface area (Å²) in [6, 6.07) is 68.7. The predicted octanol–water partition coefficient (Wildman–Crippen LogP) is 13.7. The molecule has 0 amide bonds. The van der Waals surface area contributed by atoms with Gasteiger partial charge >= 0.3 is 0 Å². The number of aromatic nitrogens is 4. The molecule has 0 saturated carbocycles. The molecule has 4 nitrogen and oxygen atoms in total. The number of nitrogens with zero attached hydrogens (tertiary/aromatic N) is 4. The van der Waals surface area contributed by atoms with Crippen LogP contribution in [0.4, 0.5) is 0 Å². The fourth-order valence-electron chi connectivity index (χ4n) is 8.22. The van der Waals surface area contributed by atoms with Crippen LogP contribution in [0.3, 0.4) is 0 Å². The van der Waals surface area contributed by atoms with Gasteiger partial charge in [-0.15, -0.1) is 0 Å². The Balaban J connectivity index is 0.00000384. The van der Waals surface area contributed by atoms with Gasteiger partial charge in [0.25, 0.3) is 0 Å².